The number of rotatable bonds is 3. The molecule has 2 aromatic rings. The van der Waals surface area contributed by atoms with Crippen LogP contribution in [-0.2, 0) is 10.8 Å². The molecule has 2 N–H and O–H groups in total. The fourth-order valence-corrected chi connectivity index (χ4v) is 3.90. The molecule has 0 aliphatic heterocycles. The van der Waals surface area contributed by atoms with Crippen molar-refractivity contribution in [2.75, 3.05) is 0 Å². The third-order valence-corrected chi connectivity index (χ3v) is 5.34. The van der Waals surface area contributed by atoms with Crippen LogP contribution >= 0.6 is 0 Å². The van der Waals surface area contributed by atoms with Gasteiger partial charge in [0.15, 0.2) is 0 Å². The van der Waals surface area contributed by atoms with E-state index >= 15 is 0 Å². The highest BCUT2D eigenvalue weighted by Crippen LogP contribution is 2.45. The smallest absolute Gasteiger partial charge is 0.123 e. The van der Waals surface area contributed by atoms with Gasteiger partial charge in [-0.1, -0.05) is 83.9 Å². The third-order valence-electron chi connectivity index (χ3n) is 5.34. The van der Waals surface area contributed by atoms with Gasteiger partial charge in [-0.15, -0.1) is 0 Å². The van der Waals surface area contributed by atoms with E-state index in [0.29, 0.717) is 11.5 Å². The Morgan fingerprint density at radius 1 is 0.704 bits per heavy atom. The van der Waals surface area contributed by atoms with Gasteiger partial charge in [-0.3, -0.25) is 0 Å². The van der Waals surface area contributed by atoms with E-state index in [-0.39, 0.29) is 16.7 Å². The number of phenols is 2. The van der Waals surface area contributed by atoms with Crippen LogP contribution in [0.25, 0.3) is 0 Å². The standard InChI is InChI=1S/C25H36O2/c1-10-17(18-11-15(2)13-20(22(18)26)24(4,5)6)19-12-16(3)14-21(23(19)27)25(7,8)9/h11-14,17,26-27H,10H2,1-9H3. The zero-order chi connectivity index (χ0) is 20.7. The van der Waals surface area contributed by atoms with Gasteiger partial charge in [-0.2, -0.15) is 0 Å². The normalized spacial score (nSPS) is 12.7. The lowest BCUT2D eigenvalue weighted by molar-refractivity contribution is 0.426. The quantitative estimate of drug-likeness (QED) is 0.622. The van der Waals surface area contributed by atoms with Crippen LogP contribution in [0.5, 0.6) is 11.5 Å². The Morgan fingerprint density at radius 3 is 1.30 bits per heavy atom. The minimum Gasteiger partial charge on any atom is -0.507 e. The van der Waals surface area contributed by atoms with E-state index < -0.39 is 0 Å². The Labute approximate surface area is 165 Å². The van der Waals surface area contributed by atoms with Crippen LogP contribution in [0.15, 0.2) is 24.3 Å². The summed E-state index contributed by atoms with van der Waals surface area (Å²) in [5.41, 5.74) is 5.70. The zero-order valence-corrected chi connectivity index (χ0v) is 18.5. The fraction of sp³-hybridized carbons (Fsp3) is 0.520. The lowest BCUT2D eigenvalue weighted by Crippen LogP contribution is -2.15. The summed E-state index contributed by atoms with van der Waals surface area (Å²) in [4.78, 5) is 0. The molecule has 2 nitrogen and oxygen atoms in total. The Bertz CT molecular complexity index is 763. The first-order valence-corrected chi connectivity index (χ1v) is 9.95. The van der Waals surface area contributed by atoms with Gasteiger partial charge in [0.2, 0.25) is 0 Å². The minimum absolute atomic E-state index is 0.0491. The zero-order valence-electron chi connectivity index (χ0n) is 18.5. The summed E-state index contributed by atoms with van der Waals surface area (Å²) in [6, 6.07) is 8.28. The molecule has 0 amide bonds. The van der Waals surface area contributed by atoms with Crippen molar-refractivity contribution < 1.29 is 10.2 Å². The summed E-state index contributed by atoms with van der Waals surface area (Å²) in [7, 11) is 0. The Morgan fingerprint density at radius 2 is 1.04 bits per heavy atom. The summed E-state index contributed by atoms with van der Waals surface area (Å²) in [5.74, 6) is 0.670. The number of phenolic OH excluding ortho intramolecular Hbond substituents is 2. The summed E-state index contributed by atoms with van der Waals surface area (Å²) in [6.07, 6.45) is 0.807. The molecule has 148 valence electrons. The topological polar surface area (TPSA) is 40.5 Å². The minimum atomic E-state index is -0.144. The van der Waals surface area contributed by atoms with Gasteiger partial charge < -0.3 is 10.2 Å². The van der Waals surface area contributed by atoms with Gasteiger partial charge >= 0.3 is 0 Å². The molecule has 27 heavy (non-hydrogen) atoms. The first-order valence-electron chi connectivity index (χ1n) is 9.95. The highest BCUT2D eigenvalue weighted by Gasteiger charge is 2.28. The molecular formula is C25H36O2. The second-order valence-corrected chi connectivity index (χ2v) is 9.96. The van der Waals surface area contributed by atoms with Gasteiger partial charge in [0.1, 0.15) is 11.5 Å². The second-order valence-electron chi connectivity index (χ2n) is 9.96. The fourth-order valence-electron chi connectivity index (χ4n) is 3.90. The number of benzene rings is 2. The van der Waals surface area contributed by atoms with Crippen LogP contribution in [0.1, 0.15) is 94.2 Å². The first-order chi connectivity index (χ1) is 12.3. The van der Waals surface area contributed by atoms with Crippen molar-refractivity contribution in [1.29, 1.82) is 0 Å². The number of aryl methyl sites for hydroxylation is 2. The van der Waals surface area contributed by atoms with E-state index in [2.05, 4.69) is 86.6 Å². The Kier molecular flexibility index (Phi) is 5.71. The van der Waals surface area contributed by atoms with Crippen LogP contribution in [-0.4, -0.2) is 10.2 Å². The van der Waals surface area contributed by atoms with Crippen LogP contribution in [0.4, 0.5) is 0 Å². The summed E-state index contributed by atoms with van der Waals surface area (Å²) in [6.45, 7) is 19.0. The lowest BCUT2D eigenvalue weighted by Gasteiger charge is -2.28. The maximum atomic E-state index is 11.1. The molecule has 0 aromatic heterocycles. The van der Waals surface area contributed by atoms with Gasteiger partial charge in [0.05, 0.1) is 0 Å². The highest BCUT2D eigenvalue weighted by molar-refractivity contribution is 5.56. The summed E-state index contributed by atoms with van der Waals surface area (Å²) >= 11 is 0. The lowest BCUT2D eigenvalue weighted by atomic mass is 9.77. The molecule has 0 bridgehead atoms. The molecule has 0 heterocycles. The average molecular weight is 369 g/mol. The Hall–Kier alpha value is -1.96. The van der Waals surface area contributed by atoms with Gasteiger partial charge in [0, 0.05) is 17.0 Å². The number of aromatic hydroxyl groups is 2. The second kappa shape index (κ2) is 7.22. The van der Waals surface area contributed by atoms with Gasteiger partial charge in [0.25, 0.3) is 0 Å². The summed E-state index contributed by atoms with van der Waals surface area (Å²) in [5, 5.41) is 22.2. The van der Waals surface area contributed by atoms with Crippen molar-refractivity contribution in [3.05, 3.63) is 57.6 Å². The van der Waals surface area contributed by atoms with Crippen molar-refractivity contribution in [1.82, 2.24) is 0 Å². The SMILES string of the molecule is CCC(c1cc(C)cc(C(C)(C)C)c1O)c1cc(C)cc(C(C)(C)C)c1O. The van der Waals surface area contributed by atoms with Crippen LogP contribution in [0, 0.1) is 13.8 Å². The van der Waals surface area contributed by atoms with Crippen LogP contribution in [0.3, 0.4) is 0 Å². The molecule has 0 fully saturated rings. The Balaban J connectivity index is 2.77. The van der Waals surface area contributed by atoms with Crippen LogP contribution in [0.2, 0.25) is 0 Å². The third kappa shape index (κ3) is 4.31. The number of hydrogen-bond acceptors (Lipinski definition) is 2. The molecular weight excluding hydrogens is 332 g/mol. The van der Waals surface area contributed by atoms with Crippen molar-refractivity contribution in [3.8, 4) is 11.5 Å². The first kappa shape index (κ1) is 21.3. The van der Waals surface area contributed by atoms with E-state index in [1.54, 1.807) is 0 Å². The predicted molar refractivity (Wildman–Crippen MR) is 115 cm³/mol. The van der Waals surface area contributed by atoms with E-state index in [1.165, 1.54) is 0 Å². The molecule has 0 aliphatic rings. The monoisotopic (exact) mass is 368 g/mol. The molecule has 2 rings (SSSR count). The van der Waals surface area contributed by atoms with E-state index in [1.807, 2.05) is 0 Å². The van der Waals surface area contributed by atoms with Crippen molar-refractivity contribution >= 4 is 0 Å². The maximum absolute atomic E-state index is 11.1. The van der Waals surface area contributed by atoms with E-state index in [4.69, 9.17) is 0 Å². The molecule has 0 saturated heterocycles. The molecule has 0 aliphatic carbocycles. The molecule has 2 heteroatoms. The van der Waals surface area contributed by atoms with E-state index in [0.717, 1.165) is 39.8 Å². The van der Waals surface area contributed by atoms with Crippen molar-refractivity contribution in [2.45, 2.75) is 85.5 Å². The number of hydrogen-bond donors (Lipinski definition) is 2. The predicted octanol–water partition coefficient (Wildman–Crippen LogP) is 6.85. The average Bonchev–Trinajstić information content (AvgIpc) is 2.51. The maximum Gasteiger partial charge on any atom is 0.123 e. The van der Waals surface area contributed by atoms with E-state index in [9.17, 15) is 10.2 Å². The molecule has 2 aromatic carbocycles. The highest BCUT2D eigenvalue weighted by atomic mass is 16.3. The molecule has 0 radical (unpaired) electrons. The van der Waals surface area contributed by atoms with Gasteiger partial charge in [-0.25, -0.2) is 0 Å². The molecule has 0 unspecified atom stereocenters. The largest absolute Gasteiger partial charge is 0.507 e. The molecule has 0 spiro atoms. The molecule has 0 saturated carbocycles. The van der Waals surface area contributed by atoms with Crippen molar-refractivity contribution in [3.63, 3.8) is 0 Å². The molecule has 0 atom stereocenters. The van der Waals surface area contributed by atoms with Crippen molar-refractivity contribution in [2.24, 2.45) is 0 Å². The van der Waals surface area contributed by atoms with Gasteiger partial charge in [-0.05, 0) is 42.2 Å². The van der Waals surface area contributed by atoms with Crippen LogP contribution < -0.4 is 0 Å². The summed E-state index contributed by atoms with van der Waals surface area (Å²) < 4.78 is 0.